The highest BCUT2D eigenvalue weighted by Gasteiger charge is 2.42. The zero-order chi connectivity index (χ0) is 26.3. The van der Waals surface area contributed by atoms with Crippen LogP contribution in [0.25, 0.3) is 0 Å². The Labute approximate surface area is 185 Å². The minimum atomic E-state index is -2.60. The predicted molar refractivity (Wildman–Crippen MR) is 112 cm³/mol. The predicted octanol–water partition coefficient (Wildman–Crippen LogP) is 2.90. The van der Waals surface area contributed by atoms with E-state index in [-0.39, 0.29) is 34.9 Å². The molecule has 0 heterocycles. The first kappa shape index (κ1) is 15.2. The molecule has 0 spiro atoms. The normalized spacial score (nSPS) is 31.6. The second-order valence-electron chi connectivity index (χ2n) is 7.10. The standard InChI is InChI=1S/C23H29ClO5/c1-2-9-29-18-6-3-14(4-7-18)10-16-11-15(5-8-20(16)24)19-12-17(13-25)21(26)23(28)22(19)27/h3-8,11,17,19,21-23,25-28H,2,9-10,12-13H2,1H3/t17-,19+,21-,22+,23+/m1/s1/i2D2,9D2,10D2. The van der Waals surface area contributed by atoms with E-state index < -0.39 is 49.5 Å². The molecule has 0 radical (unpaired) electrons. The molecule has 1 aliphatic rings. The van der Waals surface area contributed by atoms with E-state index in [2.05, 4.69) is 0 Å². The minimum absolute atomic E-state index is 0.0213. The van der Waals surface area contributed by atoms with Crippen molar-refractivity contribution in [2.75, 3.05) is 13.2 Å². The number of hydrogen-bond acceptors (Lipinski definition) is 5. The van der Waals surface area contributed by atoms with Gasteiger partial charge in [-0.2, -0.15) is 0 Å². The van der Waals surface area contributed by atoms with E-state index in [1.807, 2.05) is 0 Å². The molecule has 1 saturated carbocycles. The number of halogens is 1. The molecule has 0 aliphatic heterocycles. The zero-order valence-corrected chi connectivity index (χ0v) is 16.7. The summed E-state index contributed by atoms with van der Waals surface area (Å²) in [6.07, 6.45) is -8.27. The lowest BCUT2D eigenvalue weighted by molar-refractivity contribution is -0.127. The highest BCUT2D eigenvalue weighted by molar-refractivity contribution is 6.31. The first-order valence-electron chi connectivity index (χ1n) is 12.3. The summed E-state index contributed by atoms with van der Waals surface area (Å²) >= 11 is 6.33. The summed E-state index contributed by atoms with van der Waals surface area (Å²) in [5.41, 5.74) is 0.763. The molecule has 0 aromatic heterocycles. The van der Waals surface area contributed by atoms with Crippen LogP contribution in [0, 0.1) is 5.92 Å². The molecule has 2 aromatic rings. The molecule has 0 amide bonds. The summed E-state index contributed by atoms with van der Waals surface area (Å²) in [5.74, 6) is -1.30. The smallest absolute Gasteiger partial charge is 0.119 e. The van der Waals surface area contributed by atoms with Gasteiger partial charge in [0, 0.05) is 28.9 Å². The van der Waals surface area contributed by atoms with E-state index in [1.54, 1.807) is 6.07 Å². The van der Waals surface area contributed by atoms with E-state index >= 15 is 0 Å². The van der Waals surface area contributed by atoms with Crippen LogP contribution in [0.5, 0.6) is 5.75 Å². The largest absolute Gasteiger partial charge is 0.494 e. The van der Waals surface area contributed by atoms with Crippen LogP contribution >= 0.6 is 11.6 Å². The number of benzene rings is 2. The quantitative estimate of drug-likeness (QED) is 0.546. The van der Waals surface area contributed by atoms with Crippen LogP contribution < -0.4 is 4.74 Å². The second-order valence-corrected chi connectivity index (χ2v) is 7.51. The van der Waals surface area contributed by atoms with Gasteiger partial charge in [0.05, 0.1) is 21.5 Å². The van der Waals surface area contributed by atoms with Gasteiger partial charge in [0.15, 0.2) is 0 Å². The monoisotopic (exact) mass is 426 g/mol. The van der Waals surface area contributed by atoms with E-state index in [1.165, 1.54) is 36.4 Å². The fourth-order valence-electron chi connectivity index (χ4n) is 3.58. The van der Waals surface area contributed by atoms with Gasteiger partial charge >= 0.3 is 0 Å². The first-order chi connectivity index (χ1) is 16.1. The Kier molecular flexibility index (Phi) is 5.20. The maximum absolute atomic E-state index is 10.5. The molecule has 158 valence electrons. The van der Waals surface area contributed by atoms with Crippen LogP contribution in [0.15, 0.2) is 42.5 Å². The van der Waals surface area contributed by atoms with Gasteiger partial charge in [0.1, 0.15) is 11.9 Å². The molecular formula is C23H29ClO5. The average Bonchev–Trinajstić information content (AvgIpc) is 2.77. The van der Waals surface area contributed by atoms with Gasteiger partial charge in [-0.1, -0.05) is 42.8 Å². The highest BCUT2D eigenvalue weighted by Crippen LogP contribution is 2.38. The number of aliphatic hydroxyl groups excluding tert-OH is 4. The van der Waals surface area contributed by atoms with E-state index in [0.717, 1.165) is 6.92 Å². The molecule has 0 bridgehead atoms. The average molecular weight is 427 g/mol. The minimum Gasteiger partial charge on any atom is -0.494 e. The summed E-state index contributed by atoms with van der Waals surface area (Å²) in [6, 6.07) is 10.0. The van der Waals surface area contributed by atoms with Crippen molar-refractivity contribution >= 4 is 11.6 Å². The second kappa shape index (κ2) is 9.92. The lowest BCUT2D eigenvalue weighted by atomic mass is 9.73. The maximum Gasteiger partial charge on any atom is 0.119 e. The van der Waals surface area contributed by atoms with Crippen molar-refractivity contribution in [1.29, 1.82) is 0 Å². The van der Waals surface area contributed by atoms with Crippen molar-refractivity contribution in [2.24, 2.45) is 5.92 Å². The Morgan fingerprint density at radius 2 is 1.79 bits per heavy atom. The molecule has 5 atom stereocenters. The third-order valence-electron chi connectivity index (χ3n) is 5.21. The van der Waals surface area contributed by atoms with Crippen molar-refractivity contribution in [3.8, 4) is 5.75 Å². The van der Waals surface area contributed by atoms with Crippen molar-refractivity contribution in [3.63, 3.8) is 0 Å². The third kappa shape index (κ3) is 5.11. The summed E-state index contributed by atoms with van der Waals surface area (Å²) in [4.78, 5) is 0. The molecule has 1 aliphatic carbocycles. The number of rotatable bonds is 7. The molecule has 29 heavy (non-hydrogen) atoms. The fraction of sp³-hybridized carbons (Fsp3) is 0.478. The van der Waals surface area contributed by atoms with Gasteiger partial charge in [-0.15, -0.1) is 0 Å². The molecular weight excluding hydrogens is 392 g/mol. The SMILES string of the molecule is [2H]C([2H])(c1ccc(OC([2H])([2H])C([2H])([2H])C)cc1)c1cc([C@@H]2C[C@H](CO)[C@@H](O)[C@H](O)[C@H]2O)ccc1Cl. The van der Waals surface area contributed by atoms with Gasteiger partial charge in [-0.05, 0) is 54.1 Å². The van der Waals surface area contributed by atoms with E-state index in [9.17, 15) is 20.4 Å². The molecule has 0 saturated heterocycles. The summed E-state index contributed by atoms with van der Waals surface area (Å²) in [6.45, 7) is -1.92. The molecule has 3 rings (SSSR count). The molecule has 1 fully saturated rings. The van der Waals surface area contributed by atoms with Crippen LogP contribution in [0.3, 0.4) is 0 Å². The number of aliphatic hydroxyl groups is 4. The summed E-state index contributed by atoms with van der Waals surface area (Å²) in [7, 11) is 0. The molecule has 4 N–H and O–H groups in total. The van der Waals surface area contributed by atoms with Crippen LogP contribution in [0.4, 0.5) is 0 Å². The first-order valence-corrected chi connectivity index (χ1v) is 9.72. The zero-order valence-electron chi connectivity index (χ0n) is 21.9. The van der Waals surface area contributed by atoms with Crippen LogP contribution in [0.1, 0.15) is 50.6 Å². The lowest BCUT2D eigenvalue weighted by Gasteiger charge is -2.40. The van der Waals surface area contributed by atoms with Gasteiger partial charge in [0.2, 0.25) is 0 Å². The molecule has 6 heteroatoms. The van der Waals surface area contributed by atoms with Crippen LogP contribution in [-0.2, 0) is 6.37 Å². The van der Waals surface area contributed by atoms with E-state index in [4.69, 9.17) is 24.6 Å². The topological polar surface area (TPSA) is 90.2 Å². The Hall–Kier alpha value is -1.63. The summed E-state index contributed by atoms with van der Waals surface area (Å²) in [5, 5.41) is 40.5. The Balaban J connectivity index is 1.91. The molecule has 2 aromatic carbocycles. The van der Waals surface area contributed by atoms with Crippen molar-refractivity contribution < 1.29 is 33.4 Å². The van der Waals surface area contributed by atoms with Gasteiger partial charge < -0.3 is 25.2 Å². The Bertz CT molecular complexity index is 1030. The van der Waals surface area contributed by atoms with Crippen molar-refractivity contribution in [2.45, 2.75) is 50.3 Å². The Morgan fingerprint density at radius 3 is 2.45 bits per heavy atom. The van der Waals surface area contributed by atoms with Crippen LogP contribution in [0.2, 0.25) is 5.02 Å². The summed E-state index contributed by atoms with van der Waals surface area (Å²) < 4.78 is 53.2. The van der Waals surface area contributed by atoms with Crippen LogP contribution in [-0.4, -0.2) is 51.9 Å². The Morgan fingerprint density at radius 1 is 1.07 bits per heavy atom. The van der Waals surface area contributed by atoms with Gasteiger partial charge in [0.25, 0.3) is 0 Å². The highest BCUT2D eigenvalue weighted by atomic mass is 35.5. The number of hydrogen-bond donors (Lipinski definition) is 4. The molecule has 0 unspecified atom stereocenters. The fourth-order valence-corrected chi connectivity index (χ4v) is 3.75. The van der Waals surface area contributed by atoms with Crippen molar-refractivity contribution in [3.05, 3.63) is 64.2 Å². The van der Waals surface area contributed by atoms with E-state index in [0.29, 0.717) is 5.56 Å². The van der Waals surface area contributed by atoms with Gasteiger partial charge in [-0.3, -0.25) is 0 Å². The van der Waals surface area contributed by atoms with Gasteiger partial charge in [-0.25, -0.2) is 0 Å². The third-order valence-corrected chi connectivity index (χ3v) is 5.54. The number of ether oxygens (including phenoxy) is 1. The maximum atomic E-state index is 10.5. The lowest BCUT2D eigenvalue weighted by Crippen LogP contribution is -2.51. The van der Waals surface area contributed by atoms with Crippen molar-refractivity contribution in [1.82, 2.24) is 0 Å². The molecule has 5 nitrogen and oxygen atoms in total.